The number of benzene rings is 2. The van der Waals surface area contributed by atoms with E-state index in [1.165, 1.54) is 25.3 Å². The quantitative estimate of drug-likeness (QED) is 0.415. The van der Waals surface area contributed by atoms with E-state index in [9.17, 15) is 19.2 Å². The number of carboxylic acids is 1. The predicted octanol–water partition coefficient (Wildman–Crippen LogP) is 3.35. The molecule has 2 aromatic carbocycles. The van der Waals surface area contributed by atoms with Crippen LogP contribution in [0.2, 0.25) is 0 Å². The van der Waals surface area contributed by atoms with Gasteiger partial charge in [0, 0.05) is 0 Å². The van der Waals surface area contributed by atoms with Crippen LogP contribution in [0.3, 0.4) is 0 Å². The highest BCUT2D eigenvalue weighted by atomic mass is 79.9. The van der Waals surface area contributed by atoms with Crippen LogP contribution in [0, 0.1) is 0 Å². The average Bonchev–Trinajstić information content (AvgIpc) is 2.70. The number of amides is 4. The summed E-state index contributed by atoms with van der Waals surface area (Å²) in [6, 6.07) is 8.43. The van der Waals surface area contributed by atoms with Crippen molar-refractivity contribution < 1.29 is 33.8 Å². The summed E-state index contributed by atoms with van der Waals surface area (Å²) >= 11 is 6.55. The Hall–Kier alpha value is -3.18. The molecule has 160 valence electrons. The first-order chi connectivity index (χ1) is 14.7. The summed E-state index contributed by atoms with van der Waals surface area (Å²) in [5, 5.41) is 10.9. The van der Waals surface area contributed by atoms with Crippen molar-refractivity contribution in [3.05, 3.63) is 56.5 Å². The van der Waals surface area contributed by atoms with Gasteiger partial charge in [0.05, 0.1) is 21.7 Å². The van der Waals surface area contributed by atoms with Gasteiger partial charge in [-0.15, -0.1) is 0 Å². The molecule has 0 aliphatic carbocycles. The zero-order chi connectivity index (χ0) is 22.7. The monoisotopic (exact) mass is 552 g/mol. The molecule has 11 heteroatoms. The molecule has 0 aromatic heterocycles. The van der Waals surface area contributed by atoms with Crippen molar-refractivity contribution >= 4 is 67.4 Å². The SMILES string of the molecule is COc1ccc(N2C(=O)NC(=O)/C(=C\c3cc(Br)c(OCC(=O)O)c(Br)c3)C2=O)cc1. The summed E-state index contributed by atoms with van der Waals surface area (Å²) in [4.78, 5) is 49.1. The number of anilines is 1. The number of nitrogens with zero attached hydrogens (tertiary/aromatic N) is 1. The van der Waals surface area contributed by atoms with Crippen molar-refractivity contribution in [2.75, 3.05) is 18.6 Å². The summed E-state index contributed by atoms with van der Waals surface area (Å²) in [6.45, 7) is -0.544. The normalized spacial score (nSPS) is 15.1. The first-order valence-electron chi connectivity index (χ1n) is 8.60. The lowest BCUT2D eigenvalue weighted by atomic mass is 10.1. The molecule has 0 unspecified atom stereocenters. The molecule has 0 atom stereocenters. The highest BCUT2D eigenvalue weighted by Gasteiger charge is 2.36. The molecule has 2 aromatic rings. The number of methoxy groups -OCH3 is 1. The topological polar surface area (TPSA) is 122 Å². The van der Waals surface area contributed by atoms with E-state index in [-0.39, 0.29) is 17.0 Å². The number of carboxylic acid groups (broad SMARTS) is 1. The number of hydrogen-bond acceptors (Lipinski definition) is 6. The van der Waals surface area contributed by atoms with Crippen molar-refractivity contribution in [1.82, 2.24) is 5.32 Å². The molecule has 3 rings (SSSR count). The van der Waals surface area contributed by atoms with Gasteiger partial charge in [-0.2, -0.15) is 0 Å². The van der Waals surface area contributed by atoms with Crippen LogP contribution in [-0.4, -0.2) is 42.6 Å². The number of rotatable bonds is 6. The molecule has 1 fully saturated rings. The van der Waals surface area contributed by atoms with Crippen LogP contribution < -0.4 is 19.7 Å². The first kappa shape index (κ1) is 22.5. The van der Waals surface area contributed by atoms with E-state index in [0.29, 0.717) is 20.3 Å². The molecular weight excluding hydrogens is 540 g/mol. The van der Waals surface area contributed by atoms with E-state index >= 15 is 0 Å². The summed E-state index contributed by atoms with van der Waals surface area (Å²) in [5.74, 6) is -1.98. The Kier molecular flexibility index (Phi) is 6.76. The average molecular weight is 554 g/mol. The number of imide groups is 2. The van der Waals surface area contributed by atoms with Crippen molar-refractivity contribution in [1.29, 1.82) is 0 Å². The van der Waals surface area contributed by atoms with Gasteiger partial charge in [0.1, 0.15) is 17.1 Å². The molecule has 0 radical (unpaired) electrons. The third kappa shape index (κ3) is 4.94. The fraction of sp³-hybridized carbons (Fsp3) is 0.100. The minimum Gasteiger partial charge on any atom is -0.497 e. The number of barbiturate groups is 1. The van der Waals surface area contributed by atoms with E-state index in [1.807, 2.05) is 0 Å². The van der Waals surface area contributed by atoms with Crippen LogP contribution in [-0.2, 0) is 14.4 Å². The van der Waals surface area contributed by atoms with Crippen LogP contribution in [0.4, 0.5) is 10.5 Å². The molecule has 2 N–H and O–H groups in total. The Morgan fingerprint density at radius 2 is 1.74 bits per heavy atom. The molecule has 9 nitrogen and oxygen atoms in total. The molecule has 1 aliphatic rings. The van der Waals surface area contributed by atoms with Gasteiger partial charge in [-0.3, -0.25) is 14.9 Å². The lowest BCUT2D eigenvalue weighted by Crippen LogP contribution is -2.54. The summed E-state index contributed by atoms with van der Waals surface area (Å²) in [6.07, 6.45) is 1.32. The lowest BCUT2D eigenvalue weighted by molar-refractivity contribution is -0.139. The van der Waals surface area contributed by atoms with Crippen LogP contribution in [0.15, 0.2) is 50.9 Å². The summed E-state index contributed by atoms with van der Waals surface area (Å²) in [7, 11) is 1.49. The van der Waals surface area contributed by atoms with Gasteiger partial charge in [-0.05, 0) is 79.9 Å². The van der Waals surface area contributed by atoms with Crippen LogP contribution in [0.5, 0.6) is 11.5 Å². The maximum atomic E-state index is 13.0. The number of nitrogens with one attached hydrogen (secondary N) is 1. The number of hydrogen-bond donors (Lipinski definition) is 2. The lowest BCUT2D eigenvalue weighted by Gasteiger charge is -2.26. The van der Waals surface area contributed by atoms with Crippen LogP contribution >= 0.6 is 31.9 Å². The zero-order valence-electron chi connectivity index (χ0n) is 15.8. The van der Waals surface area contributed by atoms with Crippen molar-refractivity contribution in [2.24, 2.45) is 0 Å². The maximum absolute atomic E-state index is 13.0. The number of carbonyl (C=O) groups excluding carboxylic acids is 3. The molecule has 0 saturated carbocycles. The Balaban J connectivity index is 1.95. The van der Waals surface area contributed by atoms with E-state index < -0.39 is 30.4 Å². The molecule has 1 saturated heterocycles. The molecule has 31 heavy (non-hydrogen) atoms. The molecule has 0 bridgehead atoms. The predicted molar refractivity (Wildman–Crippen MR) is 117 cm³/mol. The second kappa shape index (κ2) is 9.31. The minimum absolute atomic E-state index is 0.249. The number of urea groups is 1. The van der Waals surface area contributed by atoms with Crippen LogP contribution in [0.25, 0.3) is 6.08 Å². The van der Waals surface area contributed by atoms with E-state index in [1.54, 1.807) is 24.3 Å². The third-order valence-electron chi connectivity index (χ3n) is 4.10. The summed E-state index contributed by atoms with van der Waals surface area (Å²) in [5.41, 5.74) is 0.443. The van der Waals surface area contributed by atoms with E-state index in [0.717, 1.165) is 4.90 Å². The number of carbonyl (C=O) groups is 4. The molecule has 1 heterocycles. The number of ether oxygens (including phenoxy) is 2. The molecule has 0 spiro atoms. The Bertz CT molecular complexity index is 1090. The van der Waals surface area contributed by atoms with Crippen molar-refractivity contribution in [2.45, 2.75) is 0 Å². The van der Waals surface area contributed by atoms with E-state index in [4.69, 9.17) is 14.6 Å². The van der Waals surface area contributed by atoms with Gasteiger partial charge >= 0.3 is 12.0 Å². The molecular formula is C20H14Br2N2O7. The standard InChI is InChI=1S/C20H14Br2N2O7/c1-30-12-4-2-11(3-5-12)24-19(28)13(18(27)23-20(24)29)6-10-7-14(21)17(15(22)8-10)31-9-16(25)26/h2-8H,9H2,1H3,(H,25,26)(H,23,27,29)/b13-6+. The fourth-order valence-electron chi connectivity index (χ4n) is 2.72. The Morgan fingerprint density at radius 3 is 2.29 bits per heavy atom. The van der Waals surface area contributed by atoms with Gasteiger partial charge in [-0.1, -0.05) is 0 Å². The van der Waals surface area contributed by atoms with Crippen molar-refractivity contribution in [3.8, 4) is 11.5 Å². The smallest absolute Gasteiger partial charge is 0.341 e. The number of halogens is 2. The van der Waals surface area contributed by atoms with Gasteiger partial charge in [-0.25, -0.2) is 14.5 Å². The minimum atomic E-state index is -1.14. The highest BCUT2D eigenvalue weighted by molar-refractivity contribution is 9.11. The Labute approximate surface area is 192 Å². The molecule has 4 amide bonds. The number of aliphatic carboxylic acids is 1. The van der Waals surface area contributed by atoms with Gasteiger partial charge in [0.2, 0.25) is 0 Å². The first-order valence-corrected chi connectivity index (χ1v) is 10.2. The zero-order valence-corrected chi connectivity index (χ0v) is 19.0. The van der Waals surface area contributed by atoms with Gasteiger partial charge in [0.15, 0.2) is 6.61 Å². The largest absolute Gasteiger partial charge is 0.497 e. The van der Waals surface area contributed by atoms with Crippen molar-refractivity contribution in [3.63, 3.8) is 0 Å². The highest BCUT2D eigenvalue weighted by Crippen LogP contribution is 2.35. The maximum Gasteiger partial charge on any atom is 0.341 e. The van der Waals surface area contributed by atoms with Gasteiger partial charge < -0.3 is 14.6 Å². The summed E-state index contributed by atoms with van der Waals surface area (Å²) < 4.78 is 11.1. The van der Waals surface area contributed by atoms with E-state index in [2.05, 4.69) is 37.2 Å². The molecule has 1 aliphatic heterocycles. The third-order valence-corrected chi connectivity index (χ3v) is 5.28. The van der Waals surface area contributed by atoms with Gasteiger partial charge in [0.25, 0.3) is 11.8 Å². The fourth-order valence-corrected chi connectivity index (χ4v) is 4.18. The Morgan fingerprint density at radius 1 is 1.13 bits per heavy atom. The second-order valence-corrected chi connectivity index (χ2v) is 7.86. The second-order valence-electron chi connectivity index (χ2n) is 6.15. The van der Waals surface area contributed by atoms with Crippen LogP contribution in [0.1, 0.15) is 5.56 Å².